The Hall–Kier alpha value is -3.21. The van der Waals surface area contributed by atoms with E-state index in [1.165, 1.54) is 6.92 Å². The minimum Gasteiger partial charge on any atom is -0.505 e. The first-order valence-corrected chi connectivity index (χ1v) is 10.5. The number of aryl methyl sites for hydroxylation is 1. The third-order valence-electron chi connectivity index (χ3n) is 4.13. The molecule has 0 bridgehead atoms. The standard InChI is InChI=1S/C18H21N3O7S/c1-3-29(27,28)8-7-13(18(25)26)19-17(24)16-14(22)10-15(23)21(20-16)12-6-4-5-11(2)9-12/h4-6,9-10,13,22H,3,7-8H2,1-2H3,(H,19,24)(H,25,26). The third-order valence-corrected chi connectivity index (χ3v) is 5.87. The van der Waals surface area contributed by atoms with Crippen LogP contribution in [-0.4, -0.2) is 57.8 Å². The van der Waals surface area contributed by atoms with Gasteiger partial charge < -0.3 is 15.5 Å². The van der Waals surface area contributed by atoms with Gasteiger partial charge in [0, 0.05) is 11.8 Å². The van der Waals surface area contributed by atoms with Gasteiger partial charge in [0.1, 0.15) is 15.9 Å². The number of carbonyl (C=O) groups is 2. The van der Waals surface area contributed by atoms with Crippen molar-refractivity contribution in [3.05, 3.63) is 51.9 Å². The number of aromatic hydroxyl groups is 1. The zero-order valence-electron chi connectivity index (χ0n) is 15.8. The zero-order valence-corrected chi connectivity index (χ0v) is 16.6. The summed E-state index contributed by atoms with van der Waals surface area (Å²) in [7, 11) is -3.43. The fourth-order valence-corrected chi connectivity index (χ4v) is 3.36. The Morgan fingerprint density at radius 2 is 1.97 bits per heavy atom. The van der Waals surface area contributed by atoms with Crippen LogP contribution in [0.2, 0.25) is 0 Å². The highest BCUT2D eigenvalue weighted by Gasteiger charge is 2.25. The first-order chi connectivity index (χ1) is 13.5. The number of nitrogens with zero attached hydrogens (tertiary/aromatic N) is 2. The summed E-state index contributed by atoms with van der Waals surface area (Å²) in [4.78, 5) is 36.0. The van der Waals surface area contributed by atoms with Crippen LogP contribution in [0.1, 0.15) is 29.4 Å². The van der Waals surface area contributed by atoms with Gasteiger partial charge in [0.25, 0.3) is 11.5 Å². The van der Waals surface area contributed by atoms with Gasteiger partial charge in [0.05, 0.1) is 11.4 Å². The van der Waals surface area contributed by atoms with Crippen molar-refractivity contribution in [1.29, 1.82) is 0 Å². The third kappa shape index (κ3) is 5.64. The van der Waals surface area contributed by atoms with Gasteiger partial charge in [-0.1, -0.05) is 19.1 Å². The summed E-state index contributed by atoms with van der Waals surface area (Å²) < 4.78 is 24.1. The second kappa shape index (κ2) is 8.86. The smallest absolute Gasteiger partial charge is 0.326 e. The maximum absolute atomic E-state index is 12.5. The summed E-state index contributed by atoms with van der Waals surface area (Å²) in [6.45, 7) is 3.23. The Bertz CT molecular complexity index is 1090. The summed E-state index contributed by atoms with van der Waals surface area (Å²) >= 11 is 0. The number of aromatic nitrogens is 2. The van der Waals surface area contributed by atoms with Crippen molar-refractivity contribution < 1.29 is 28.2 Å². The maximum atomic E-state index is 12.5. The zero-order chi connectivity index (χ0) is 21.8. The van der Waals surface area contributed by atoms with E-state index in [-0.39, 0.29) is 12.2 Å². The topological polar surface area (TPSA) is 156 Å². The van der Waals surface area contributed by atoms with Crippen LogP contribution in [0.3, 0.4) is 0 Å². The van der Waals surface area contributed by atoms with E-state index in [9.17, 15) is 33.0 Å². The summed E-state index contributed by atoms with van der Waals surface area (Å²) in [6.07, 6.45) is -0.352. The predicted octanol–water partition coefficient (Wildman–Crippen LogP) is 0.254. The van der Waals surface area contributed by atoms with Crippen molar-refractivity contribution in [2.24, 2.45) is 0 Å². The summed E-state index contributed by atoms with van der Waals surface area (Å²) in [6, 6.07) is 5.98. The molecule has 0 radical (unpaired) electrons. The Labute approximate surface area is 166 Å². The second-order valence-corrected chi connectivity index (χ2v) is 8.83. The van der Waals surface area contributed by atoms with E-state index in [0.29, 0.717) is 5.69 Å². The molecule has 0 fully saturated rings. The van der Waals surface area contributed by atoms with Crippen molar-refractivity contribution in [2.75, 3.05) is 11.5 Å². The van der Waals surface area contributed by atoms with Crippen molar-refractivity contribution >= 4 is 21.7 Å². The first kappa shape index (κ1) is 22.1. The highest BCUT2D eigenvalue weighted by Crippen LogP contribution is 2.14. The van der Waals surface area contributed by atoms with Crippen molar-refractivity contribution in [2.45, 2.75) is 26.3 Å². The molecule has 1 amide bonds. The number of sulfone groups is 1. The number of carboxylic acid groups (broad SMARTS) is 1. The molecule has 0 saturated heterocycles. The van der Waals surface area contributed by atoms with Crippen molar-refractivity contribution in [3.8, 4) is 11.4 Å². The molecule has 1 heterocycles. The van der Waals surface area contributed by atoms with E-state index in [2.05, 4.69) is 10.4 Å². The molecule has 3 N–H and O–H groups in total. The van der Waals surface area contributed by atoms with Gasteiger partial charge in [-0.25, -0.2) is 13.2 Å². The van der Waals surface area contributed by atoms with E-state index in [1.54, 1.807) is 31.2 Å². The van der Waals surface area contributed by atoms with Gasteiger partial charge in [0.15, 0.2) is 11.4 Å². The average molecular weight is 423 g/mol. The molecule has 0 spiro atoms. The molecule has 0 aliphatic heterocycles. The number of hydrogen-bond donors (Lipinski definition) is 3. The number of aliphatic carboxylic acids is 1. The van der Waals surface area contributed by atoms with Crippen LogP contribution in [0, 0.1) is 6.92 Å². The molecular formula is C18H21N3O7S. The second-order valence-electron chi connectivity index (χ2n) is 6.36. The molecule has 1 atom stereocenters. The monoisotopic (exact) mass is 423 g/mol. The molecule has 1 unspecified atom stereocenters. The summed E-state index contributed by atoms with van der Waals surface area (Å²) in [5.41, 5.74) is -0.0598. The first-order valence-electron chi connectivity index (χ1n) is 8.68. The molecule has 0 aliphatic carbocycles. The Kier molecular flexibility index (Phi) is 6.75. The van der Waals surface area contributed by atoms with E-state index in [0.717, 1.165) is 16.3 Å². The SMILES string of the molecule is CCS(=O)(=O)CCC(NC(=O)c1nn(-c2cccc(C)c2)c(=O)cc1O)C(=O)O. The number of nitrogens with one attached hydrogen (secondary N) is 1. The molecule has 10 nitrogen and oxygen atoms in total. The molecule has 2 aromatic rings. The fourth-order valence-electron chi connectivity index (χ4n) is 2.48. The van der Waals surface area contributed by atoms with Gasteiger partial charge in [-0.05, 0) is 31.0 Å². The van der Waals surface area contributed by atoms with E-state index >= 15 is 0 Å². The van der Waals surface area contributed by atoms with E-state index < -0.39 is 50.5 Å². The van der Waals surface area contributed by atoms with Crippen LogP contribution in [0.4, 0.5) is 0 Å². The minimum atomic E-state index is -3.43. The Morgan fingerprint density at radius 1 is 1.28 bits per heavy atom. The molecule has 156 valence electrons. The number of carboxylic acids is 1. The van der Waals surface area contributed by atoms with Crippen molar-refractivity contribution in [3.63, 3.8) is 0 Å². The molecule has 29 heavy (non-hydrogen) atoms. The lowest BCUT2D eigenvalue weighted by Crippen LogP contribution is -2.42. The molecule has 0 saturated carbocycles. The molecule has 2 rings (SSSR count). The van der Waals surface area contributed by atoms with Gasteiger partial charge in [-0.3, -0.25) is 9.59 Å². The highest BCUT2D eigenvalue weighted by molar-refractivity contribution is 7.91. The van der Waals surface area contributed by atoms with Crippen LogP contribution in [-0.2, 0) is 14.6 Å². The fraction of sp³-hybridized carbons (Fsp3) is 0.333. The molecule has 0 aliphatic rings. The van der Waals surface area contributed by atoms with Gasteiger partial charge in [-0.15, -0.1) is 0 Å². The van der Waals surface area contributed by atoms with Crippen molar-refractivity contribution in [1.82, 2.24) is 15.1 Å². The molecule has 1 aromatic heterocycles. The average Bonchev–Trinajstić information content (AvgIpc) is 2.64. The minimum absolute atomic E-state index is 0.156. The maximum Gasteiger partial charge on any atom is 0.326 e. The van der Waals surface area contributed by atoms with Crippen LogP contribution >= 0.6 is 0 Å². The Morgan fingerprint density at radius 3 is 2.55 bits per heavy atom. The lowest BCUT2D eigenvalue weighted by molar-refractivity contribution is -0.139. The molecule has 1 aromatic carbocycles. The Balaban J connectivity index is 2.33. The predicted molar refractivity (Wildman–Crippen MR) is 104 cm³/mol. The van der Waals surface area contributed by atoms with Crippen LogP contribution < -0.4 is 10.9 Å². The summed E-state index contributed by atoms with van der Waals surface area (Å²) in [5.74, 6) is -3.79. The number of hydrogen-bond acceptors (Lipinski definition) is 7. The summed E-state index contributed by atoms with van der Waals surface area (Å²) in [5, 5.41) is 25.2. The van der Waals surface area contributed by atoms with Crippen LogP contribution in [0.25, 0.3) is 5.69 Å². The quantitative estimate of drug-likeness (QED) is 0.546. The number of rotatable bonds is 8. The molecular weight excluding hydrogens is 402 g/mol. The van der Waals surface area contributed by atoms with E-state index in [4.69, 9.17) is 0 Å². The molecule has 11 heteroatoms. The number of amides is 1. The highest BCUT2D eigenvalue weighted by atomic mass is 32.2. The van der Waals surface area contributed by atoms with Crippen LogP contribution in [0.5, 0.6) is 5.75 Å². The number of benzene rings is 1. The normalized spacial score (nSPS) is 12.3. The lowest BCUT2D eigenvalue weighted by atomic mass is 10.2. The largest absolute Gasteiger partial charge is 0.505 e. The van der Waals surface area contributed by atoms with Gasteiger partial charge in [-0.2, -0.15) is 9.78 Å². The number of carbonyl (C=O) groups excluding carboxylic acids is 1. The van der Waals surface area contributed by atoms with E-state index in [1.807, 2.05) is 0 Å². The lowest BCUT2D eigenvalue weighted by Gasteiger charge is -2.15. The van der Waals surface area contributed by atoms with Gasteiger partial charge in [0.2, 0.25) is 0 Å². The van der Waals surface area contributed by atoms with Crippen LogP contribution in [0.15, 0.2) is 35.1 Å². The van der Waals surface area contributed by atoms with Gasteiger partial charge >= 0.3 is 5.97 Å².